The molecule has 0 amide bonds. The van der Waals surface area contributed by atoms with Crippen LogP contribution in [0.15, 0.2) is 46.9 Å². The van der Waals surface area contributed by atoms with Crippen molar-refractivity contribution >= 4 is 27.4 Å². The van der Waals surface area contributed by atoms with E-state index in [4.69, 9.17) is 4.74 Å². The molecule has 0 saturated carbocycles. The first-order valence-electron chi connectivity index (χ1n) is 6.95. The fraction of sp³-hybridized carbons (Fsp3) is 0.235. The van der Waals surface area contributed by atoms with E-state index < -0.39 is 5.60 Å². The van der Waals surface area contributed by atoms with Crippen LogP contribution in [0.5, 0.6) is 5.75 Å². The lowest BCUT2D eigenvalue weighted by molar-refractivity contribution is 0.0437. The summed E-state index contributed by atoms with van der Waals surface area (Å²) in [5, 5.41) is 14.0. The zero-order valence-electron chi connectivity index (χ0n) is 12.1. The van der Waals surface area contributed by atoms with Crippen molar-refractivity contribution in [1.82, 2.24) is 0 Å². The zero-order chi connectivity index (χ0) is 15.7. The summed E-state index contributed by atoms with van der Waals surface area (Å²) in [4.78, 5) is 12.5. The molecule has 0 spiro atoms. The molecule has 0 radical (unpaired) electrons. The van der Waals surface area contributed by atoms with Crippen LogP contribution in [-0.4, -0.2) is 24.5 Å². The van der Waals surface area contributed by atoms with Gasteiger partial charge in [0.05, 0.1) is 7.11 Å². The van der Waals surface area contributed by atoms with Crippen LogP contribution in [0.25, 0.3) is 0 Å². The number of ketones is 1. The minimum atomic E-state index is -1.18. The average molecular weight is 362 g/mol. The lowest BCUT2D eigenvalue weighted by Gasteiger charge is -2.22. The third-order valence-electron chi connectivity index (χ3n) is 3.92. The molecular weight excluding hydrogens is 346 g/mol. The van der Waals surface area contributed by atoms with Crippen molar-refractivity contribution in [3.05, 3.63) is 58.1 Å². The molecule has 114 valence electrons. The zero-order valence-corrected chi connectivity index (χ0v) is 13.7. The molecule has 2 aromatic carbocycles. The van der Waals surface area contributed by atoms with Crippen molar-refractivity contribution < 1.29 is 14.6 Å². The molecule has 5 heteroatoms. The SMILES string of the molecule is COc1ccc(C(=O)CC2(O)CNc3ccc(Br)cc32)cc1. The van der Waals surface area contributed by atoms with Gasteiger partial charge in [0.2, 0.25) is 0 Å². The molecule has 0 saturated heterocycles. The Morgan fingerprint density at radius 2 is 2.05 bits per heavy atom. The van der Waals surface area contributed by atoms with Crippen LogP contribution in [0.4, 0.5) is 5.69 Å². The Kier molecular flexibility index (Phi) is 3.93. The molecule has 0 fully saturated rings. The summed E-state index contributed by atoms with van der Waals surface area (Å²) in [6.45, 7) is 0.334. The van der Waals surface area contributed by atoms with Crippen LogP contribution in [-0.2, 0) is 5.60 Å². The fourth-order valence-corrected chi connectivity index (χ4v) is 3.06. The minimum Gasteiger partial charge on any atom is -0.497 e. The molecule has 2 N–H and O–H groups in total. The summed E-state index contributed by atoms with van der Waals surface area (Å²) in [7, 11) is 1.58. The molecule has 0 aromatic heterocycles. The number of hydrogen-bond acceptors (Lipinski definition) is 4. The Balaban J connectivity index is 1.84. The highest BCUT2D eigenvalue weighted by Gasteiger charge is 2.39. The molecule has 4 nitrogen and oxygen atoms in total. The van der Waals surface area contributed by atoms with Crippen molar-refractivity contribution in [3.8, 4) is 5.75 Å². The van der Waals surface area contributed by atoms with Crippen LogP contribution in [0.2, 0.25) is 0 Å². The molecule has 1 unspecified atom stereocenters. The maximum Gasteiger partial charge on any atom is 0.166 e. The molecule has 1 heterocycles. The Morgan fingerprint density at radius 1 is 1.32 bits per heavy atom. The van der Waals surface area contributed by atoms with Crippen LogP contribution in [0, 0.1) is 0 Å². The third kappa shape index (κ3) is 2.74. The number of carbonyl (C=O) groups excluding carboxylic acids is 1. The van der Waals surface area contributed by atoms with Crippen molar-refractivity contribution in [3.63, 3.8) is 0 Å². The summed E-state index contributed by atoms with van der Waals surface area (Å²) in [6.07, 6.45) is 0.0375. The second kappa shape index (κ2) is 5.74. The maximum atomic E-state index is 12.5. The normalized spacial score (nSPS) is 19.4. The molecule has 0 bridgehead atoms. The second-order valence-corrected chi connectivity index (χ2v) is 6.32. The summed E-state index contributed by atoms with van der Waals surface area (Å²) in [6, 6.07) is 12.6. The number of benzene rings is 2. The van der Waals surface area contributed by atoms with Gasteiger partial charge in [-0.15, -0.1) is 0 Å². The van der Waals surface area contributed by atoms with Gasteiger partial charge < -0.3 is 15.2 Å². The maximum absolute atomic E-state index is 12.5. The number of methoxy groups -OCH3 is 1. The van der Waals surface area contributed by atoms with Gasteiger partial charge >= 0.3 is 0 Å². The van der Waals surface area contributed by atoms with E-state index >= 15 is 0 Å². The predicted molar refractivity (Wildman–Crippen MR) is 88.5 cm³/mol. The molecule has 1 aliphatic heterocycles. The van der Waals surface area contributed by atoms with Crippen LogP contribution in [0.1, 0.15) is 22.3 Å². The molecule has 3 rings (SSSR count). The summed E-state index contributed by atoms with van der Waals surface area (Å²) < 4.78 is 5.97. The second-order valence-electron chi connectivity index (χ2n) is 5.40. The highest BCUT2D eigenvalue weighted by atomic mass is 79.9. The smallest absolute Gasteiger partial charge is 0.166 e. The van der Waals surface area contributed by atoms with Crippen LogP contribution < -0.4 is 10.1 Å². The monoisotopic (exact) mass is 361 g/mol. The molecular formula is C17H16BrNO3. The number of Topliss-reactive ketones (excluding diaryl/α,β-unsaturated/α-hetero) is 1. The Bertz CT molecular complexity index is 714. The number of ether oxygens (including phenoxy) is 1. The van der Waals surface area contributed by atoms with Gasteiger partial charge in [-0.1, -0.05) is 15.9 Å². The van der Waals surface area contributed by atoms with Crippen LogP contribution in [0.3, 0.4) is 0 Å². The topological polar surface area (TPSA) is 58.6 Å². The van der Waals surface area contributed by atoms with Gasteiger partial charge in [-0.2, -0.15) is 0 Å². The number of rotatable bonds is 4. The summed E-state index contributed by atoms with van der Waals surface area (Å²) in [5.41, 5.74) is 1.01. The van der Waals surface area contributed by atoms with Gasteiger partial charge in [0, 0.05) is 34.3 Å². The highest BCUT2D eigenvalue weighted by Crippen LogP contribution is 2.39. The largest absolute Gasteiger partial charge is 0.497 e. The van der Waals surface area contributed by atoms with E-state index in [2.05, 4.69) is 21.2 Å². The number of β-amino-alcohol motifs (C(OH)–C–C–N with tert-alkyl or cyclic N) is 1. The van der Waals surface area contributed by atoms with Crippen LogP contribution >= 0.6 is 15.9 Å². The Labute approximate surface area is 137 Å². The lowest BCUT2D eigenvalue weighted by Crippen LogP contribution is -2.31. The number of anilines is 1. The first kappa shape index (κ1) is 15.1. The number of hydrogen-bond donors (Lipinski definition) is 2. The van der Waals surface area contributed by atoms with Gasteiger partial charge in [-0.25, -0.2) is 0 Å². The highest BCUT2D eigenvalue weighted by molar-refractivity contribution is 9.10. The van der Waals surface area contributed by atoms with Gasteiger partial charge in [0.15, 0.2) is 5.78 Å². The number of fused-ring (bicyclic) bond motifs is 1. The Morgan fingerprint density at radius 3 is 2.73 bits per heavy atom. The van der Waals surface area contributed by atoms with Gasteiger partial charge in [0.25, 0.3) is 0 Å². The van der Waals surface area contributed by atoms with Gasteiger partial charge in [-0.05, 0) is 42.5 Å². The fourth-order valence-electron chi connectivity index (χ4n) is 2.69. The third-order valence-corrected chi connectivity index (χ3v) is 4.41. The van der Waals surface area contributed by atoms with E-state index in [-0.39, 0.29) is 12.2 Å². The van der Waals surface area contributed by atoms with Gasteiger partial charge in [0.1, 0.15) is 11.4 Å². The lowest BCUT2D eigenvalue weighted by atomic mass is 9.89. The van der Waals surface area contributed by atoms with Crippen molar-refractivity contribution in [2.75, 3.05) is 19.0 Å². The standard InChI is InChI=1S/C17H16BrNO3/c1-22-13-5-2-11(3-6-13)16(20)9-17(21)10-19-15-7-4-12(18)8-14(15)17/h2-8,19,21H,9-10H2,1H3. The summed E-state index contributed by atoms with van der Waals surface area (Å²) >= 11 is 3.41. The molecule has 1 aliphatic rings. The first-order chi connectivity index (χ1) is 10.5. The van der Waals surface area contributed by atoms with Crippen molar-refractivity contribution in [2.24, 2.45) is 0 Å². The number of aliphatic hydroxyl groups is 1. The first-order valence-corrected chi connectivity index (χ1v) is 7.75. The van der Waals surface area contributed by atoms with Crippen molar-refractivity contribution in [2.45, 2.75) is 12.0 Å². The predicted octanol–water partition coefficient (Wildman–Crippen LogP) is 3.34. The minimum absolute atomic E-state index is 0.0375. The van der Waals surface area contributed by atoms with E-state index in [1.807, 2.05) is 18.2 Å². The molecule has 0 aliphatic carbocycles. The molecule has 1 atom stereocenters. The van der Waals surface area contributed by atoms with Crippen molar-refractivity contribution in [1.29, 1.82) is 0 Å². The van der Waals surface area contributed by atoms with E-state index in [9.17, 15) is 9.90 Å². The van der Waals surface area contributed by atoms with E-state index in [0.717, 1.165) is 15.7 Å². The van der Waals surface area contributed by atoms with E-state index in [0.29, 0.717) is 17.9 Å². The number of halogens is 1. The van der Waals surface area contributed by atoms with E-state index in [1.54, 1.807) is 31.4 Å². The summed E-state index contributed by atoms with van der Waals surface area (Å²) in [5.74, 6) is 0.604. The Hall–Kier alpha value is -1.85. The quantitative estimate of drug-likeness (QED) is 0.820. The molecule has 2 aromatic rings. The average Bonchev–Trinajstić information content (AvgIpc) is 2.84. The van der Waals surface area contributed by atoms with E-state index in [1.165, 1.54) is 0 Å². The molecule has 22 heavy (non-hydrogen) atoms. The van der Waals surface area contributed by atoms with Gasteiger partial charge in [-0.3, -0.25) is 4.79 Å². The number of nitrogens with one attached hydrogen (secondary N) is 1. The number of carbonyl (C=O) groups is 1.